The monoisotopic (exact) mass is 277 g/mol. The molecule has 0 amide bonds. The lowest BCUT2D eigenvalue weighted by Crippen LogP contribution is -2.17. The Morgan fingerprint density at radius 3 is 2.55 bits per heavy atom. The van der Waals surface area contributed by atoms with Crippen LogP contribution in [0.3, 0.4) is 0 Å². The summed E-state index contributed by atoms with van der Waals surface area (Å²) in [4.78, 5) is 21.7. The molecule has 1 saturated carbocycles. The highest BCUT2D eigenvalue weighted by Crippen LogP contribution is 2.38. The summed E-state index contributed by atoms with van der Waals surface area (Å²) in [5.41, 5.74) is 0.750. The van der Waals surface area contributed by atoms with Crippen molar-refractivity contribution in [1.29, 1.82) is 0 Å². The minimum atomic E-state index is -1.02. The zero-order valence-electron chi connectivity index (χ0n) is 11.5. The summed E-state index contributed by atoms with van der Waals surface area (Å²) in [5.74, 6) is -0.553. The van der Waals surface area contributed by atoms with Crippen molar-refractivity contribution in [1.82, 2.24) is 0 Å². The molecule has 5 nitrogen and oxygen atoms in total. The molecule has 0 radical (unpaired) electrons. The van der Waals surface area contributed by atoms with Crippen LogP contribution in [0.2, 0.25) is 0 Å². The van der Waals surface area contributed by atoms with Gasteiger partial charge in [0.25, 0.3) is 5.69 Å². The second kappa shape index (κ2) is 6.03. The summed E-state index contributed by atoms with van der Waals surface area (Å²) in [7, 11) is 0. The van der Waals surface area contributed by atoms with Gasteiger partial charge in [0.05, 0.1) is 10.5 Å². The molecule has 2 rings (SSSR count). The maximum atomic E-state index is 11.3. The van der Waals surface area contributed by atoms with Crippen LogP contribution in [0.25, 0.3) is 0 Å². The maximum absolute atomic E-state index is 11.3. The molecule has 0 spiro atoms. The lowest BCUT2D eigenvalue weighted by Gasteiger charge is -2.28. The second-order valence-electron chi connectivity index (χ2n) is 5.52. The van der Waals surface area contributed by atoms with E-state index >= 15 is 0 Å². The molecule has 108 valence electrons. The highest BCUT2D eigenvalue weighted by Gasteiger charge is 2.26. The molecule has 0 aliphatic heterocycles. The van der Waals surface area contributed by atoms with Gasteiger partial charge < -0.3 is 5.11 Å². The predicted octanol–water partition coefficient (Wildman–Crippen LogP) is 3.98. The van der Waals surface area contributed by atoms with Crippen molar-refractivity contribution in [2.24, 2.45) is 5.92 Å². The minimum Gasteiger partial charge on any atom is -0.478 e. The van der Waals surface area contributed by atoms with E-state index in [-0.39, 0.29) is 17.2 Å². The van der Waals surface area contributed by atoms with Crippen molar-refractivity contribution < 1.29 is 14.8 Å². The van der Waals surface area contributed by atoms with Gasteiger partial charge in [-0.3, -0.25) is 10.1 Å². The van der Waals surface area contributed by atoms with Gasteiger partial charge in [0.2, 0.25) is 0 Å². The van der Waals surface area contributed by atoms with Crippen LogP contribution in [0, 0.1) is 16.0 Å². The van der Waals surface area contributed by atoms with Crippen LogP contribution in [0.5, 0.6) is 0 Å². The Balaban J connectivity index is 2.37. The molecular formula is C15H19NO4. The quantitative estimate of drug-likeness (QED) is 0.666. The fraction of sp³-hybridized carbons (Fsp3) is 0.533. The number of carbonyl (C=O) groups is 1. The molecule has 0 bridgehead atoms. The second-order valence-corrected chi connectivity index (χ2v) is 5.52. The third-order valence-electron chi connectivity index (χ3n) is 4.32. The van der Waals surface area contributed by atoms with Crippen LogP contribution in [-0.2, 0) is 0 Å². The van der Waals surface area contributed by atoms with Crippen LogP contribution in [0.1, 0.15) is 60.9 Å². The molecule has 1 aromatic rings. The summed E-state index contributed by atoms with van der Waals surface area (Å²) >= 11 is 0. The van der Waals surface area contributed by atoms with Crippen molar-refractivity contribution in [3.05, 3.63) is 39.4 Å². The summed E-state index contributed by atoms with van der Waals surface area (Å²) in [6.07, 6.45) is 5.69. The van der Waals surface area contributed by atoms with Gasteiger partial charge in [-0.05, 0) is 36.3 Å². The fourth-order valence-corrected chi connectivity index (χ4v) is 3.12. The lowest BCUT2D eigenvalue weighted by atomic mass is 9.76. The smallest absolute Gasteiger partial charge is 0.335 e. The number of hydrogen-bond acceptors (Lipinski definition) is 3. The summed E-state index contributed by atoms with van der Waals surface area (Å²) in [5, 5.41) is 20.2. The normalized spacial score (nSPS) is 17.6. The zero-order valence-corrected chi connectivity index (χ0v) is 11.5. The molecule has 20 heavy (non-hydrogen) atoms. The topological polar surface area (TPSA) is 80.4 Å². The number of rotatable bonds is 4. The highest BCUT2D eigenvalue weighted by molar-refractivity contribution is 5.90. The third kappa shape index (κ3) is 2.98. The van der Waals surface area contributed by atoms with E-state index in [1.54, 1.807) is 0 Å². The van der Waals surface area contributed by atoms with Gasteiger partial charge in [-0.2, -0.15) is 0 Å². The van der Waals surface area contributed by atoms with E-state index in [4.69, 9.17) is 0 Å². The van der Waals surface area contributed by atoms with E-state index in [9.17, 15) is 20.0 Å². The number of nitro benzene ring substituents is 1. The average molecular weight is 277 g/mol. The molecule has 0 aromatic heterocycles. The Hall–Kier alpha value is -1.91. The van der Waals surface area contributed by atoms with Crippen LogP contribution >= 0.6 is 0 Å². The van der Waals surface area contributed by atoms with Gasteiger partial charge in [0.15, 0.2) is 0 Å². The van der Waals surface area contributed by atoms with E-state index in [1.165, 1.54) is 24.6 Å². The molecule has 1 aliphatic carbocycles. The SMILES string of the molecule is CC(c1cc([N+](=O)[O-])ccc1C(=O)O)C1CCCCC1. The Labute approximate surface area is 117 Å². The Kier molecular flexibility index (Phi) is 4.37. The number of nitro groups is 1. The van der Waals surface area contributed by atoms with E-state index < -0.39 is 10.9 Å². The standard InChI is InChI=1S/C15H19NO4/c1-10(11-5-3-2-4-6-11)14-9-12(16(19)20)7-8-13(14)15(17)18/h7-11H,2-6H2,1H3,(H,17,18). The number of nitrogens with zero attached hydrogens (tertiary/aromatic N) is 1. The van der Waals surface area contributed by atoms with Gasteiger partial charge in [0, 0.05) is 12.1 Å². The predicted molar refractivity (Wildman–Crippen MR) is 75.0 cm³/mol. The van der Waals surface area contributed by atoms with E-state index in [1.807, 2.05) is 6.92 Å². The first-order chi connectivity index (χ1) is 9.50. The number of carboxylic acid groups (broad SMARTS) is 1. The zero-order chi connectivity index (χ0) is 14.7. The number of benzene rings is 1. The third-order valence-corrected chi connectivity index (χ3v) is 4.32. The summed E-state index contributed by atoms with van der Waals surface area (Å²) in [6.45, 7) is 1.99. The fourth-order valence-electron chi connectivity index (χ4n) is 3.12. The summed E-state index contributed by atoms with van der Waals surface area (Å²) in [6, 6.07) is 4.05. The van der Waals surface area contributed by atoms with Crippen LogP contribution in [0.15, 0.2) is 18.2 Å². The first kappa shape index (κ1) is 14.5. The molecule has 1 atom stereocenters. The largest absolute Gasteiger partial charge is 0.478 e. The average Bonchev–Trinajstić information content (AvgIpc) is 2.46. The Morgan fingerprint density at radius 2 is 2.00 bits per heavy atom. The summed E-state index contributed by atoms with van der Waals surface area (Å²) < 4.78 is 0. The number of aromatic carboxylic acids is 1. The molecule has 1 aliphatic rings. The Morgan fingerprint density at radius 1 is 1.35 bits per heavy atom. The van der Waals surface area contributed by atoms with Crippen molar-refractivity contribution in [3.63, 3.8) is 0 Å². The first-order valence-corrected chi connectivity index (χ1v) is 7.02. The molecule has 1 N–H and O–H groups in total. The number of hydrogen-bond donors (Lipinski definition) is 1. The van der Waals surface area contributed by atoms with Crippen LogP contribution < -0.4 is 0 Å². The van der Waals surface area contributed by atoms with Gasteiger partial charge in [-0.1, -0.05) is 26.2 Å². The van der Waals surface area contributed by atoms with Crippen molar-refractivity contribution in [2.75, 3.05) is 0 Å². The van der Waals surface area contributed by atoms with Crippen LogP contribution in [-0.4, -0.2) is 16.0 Å². The first-order valence-electron chi connectivity index (χ1n) is 7.02. The molecule has 1 fully saturated rings. The number of non-ortho nitro benzene ring substituents is 1. The van der Waals surface area contributed by atoms with Gasteiger partial charge >= 0.3 is 5.97 Å². The van der Waals surface area contributed by atoms with E-state index in [0.29, 0.717) is 11.5 Å². The maximum Gasteiger partial charge on any atom is 0.335 e. The van der Waals surface area contributed by atoms with E-state index in [2.05, 4.69) is 0 Å². The highest BCUT2D eigenvalue weighted by atomic mass is 16.6. The molecule has 5 heteroatoms. The number of carboxylic acids is 1. The lowest BCUT2D eigenvalue weighted by molar-refractivity contribution is -0.384. The molecule has 1 unspecified atom stereocenters. The van der Waals surface area contributed by atoms with Crippen LogP contribution in [0.4, 0.5) is 5.69 Å². The van der Waals surface area contributed by atoms with Crippen molar-refractivity contribution in [2.45, 2.75) is 44.9 Å². The van der Waals surface area contributed by atoms with Gasteiger partial charge in [-0.25, -0.2) is 4.79 Å². The van der Waals surface area contributed by atoms with E-state index in [0.717, 1.165) is 25.7 Å². The Bertz CT molecular complexity index is 521. The van der Waals surface area contributed by atoms with Gasteiger partial charge in [-0.15, -0.1) is 0 Å². The van der Waals surface area contributed by atoms with Gasteiger partial charge in [0.1, 0.15) is 0 Å². The van der Waals surface area contributed by atoms with Crippen molar-refractivity contribution in [3.8, 4) is 0 Å². The van der Waals surface area contributed by atoms with Crippen molar-refractivity contribution >= 4 is 11.7 Å². The molecule has 0 heterocycles. The molecule has 1 aromatic carbocycles. The molecule has 0 saturated heterocycles. The minimum absolute atomic E-state index is 0.0346. The molecular weight excluding hydrogens is 258 g/mol.